The Morgan fingerprint density at radius 1 is 0.966 bits per heavy atom. The fourth-order valence-corrected chi connectivity index (χ4v) is 3.22. The summed E-state index contributed by atoms with van der Waals surface area (Å²) in [6, 6.07) is 0. The van der Waals surface area contributed by atoms with E-state index in [0.717, 1.165) is 29.6 Å². The molecule has 0 aromatic rings. The molecule has 1 rings (SSSR count). The van der Waals surface area contributed by atoms with Crippen molar-refractivity contribution in [3.63, 3.8) is 0 Å². The molecule has 0 amide bonds. The minimum Gasteiger partial charge on any atom is -0.489 e. The summed E-state index contributed by atoms with van der Waals surface area (Å²) in [5.74, 6) is -0.666. The van der Waals surface area contributed by atoms with Gasteiger partial charge in [-0.05, 0) is 60.3 Å². The molecule has 1 aliphatic carbocycles. The second kappa shape index (κ2) is 11.6. The first-order valence-corrected chi connectivity index (χ1v) is 9.88. The number of hydrogen-bond donors (Lipinski definition) is 1. The SMILES string of the molecule is COC1=C(OC)C(=O)C(C/C=C(\C)CC/C=C(\C)C[C@H](O)C=C(C)C)=C(C)C1=O. The topological polar surface area (TPSA) is 72.8 Å². The third-order valence-electron chi connectivity index (χ3n) is 4.84. The lowest BCUT2D eigenvalue weighted by Gasteiger charge is -2.19. The third-order valence-corrected chi connectivity index (χ3v) is 4.84. The number of allylic oxidation sites excluding steroid dienone is 6. The predicted octanol–water partition coefficient (Wildman–Crippen LogP) is 4.74. The van der Waals surface area contributed by atoms with E-state index >= 15 is 0 Å². The molecule has 0 unspecified atom stereocenters. The molecule has 1 aliphatic rings. The van der Waals surface area contributed by atoms with E-state index in [1.165, 1.54) is 14.2 Å². The molecule has 0 fully saturated rings. The summed E-state index contributed by atoms with van der Waals surface area (Å²) >= 11 is 0. The summed E-state index contributed by atoms with van der Waals surface area (Å²) in [6.07, 6.45) is 8.25. The summed E-state index contributed by atoms with van der Waals surface area (Å²) in [5.41, 5.74) is 4.24. The Hall–Kier alpha value is -2.40. The molecule has 0 heterocycles. The maximum Gasteiger partial charge on any atom is 0.228 e. The summed E-state index contributed by atoms with van der Waals surface area (Å²) in [4.78, 5) is 25.0. The van der Waals surface area contributed by atoms with Crippen LogP contribution in [-0.4, -0.2) is 37.0 Å². The monoisotopic (exact) mass is 402 g/mol. The van der Waals surface area contributed by atoms with Crippen LogP contribution in [0.3, 0.4) is 0 Å². The minimum absolute atomic E-state index is 0.0300. The number of methoxy groups -OCH3 is 2. The van der Waals surface area contributed by atoms with Crippen molar-refractivity contribution in [2.75, 3.05) is 14.2 Å². The molecule has 0 radical (unpaired) electrons. The van der Waals surface area contributed by atoms with Gasteiger partial charge in [-0.25, -0.2) is 0 Å². The van der Waals surface area contributed by atoms with Crippen molar-refractivity contribution in [3.8, 4) is 0 Å². The highest BCUT2D eigenvalue weighted by molar-refractivity contribution is 6.23. The first-order chi connectivity index (χ1) is 13.6. The van der Waals surface area contributed by atoms with Crippen LogP contribution < -0.4 is 0 Å². The summed E-state index contributed by atoms with van der Waals surface area (Å²) in [7, 11) is 2.72. The van der Waals surface area contributed by atoms with Crippen molar-refractivity contribution in [2.24, 2.45) is 0 Å². The Morgan fingerprint density at radius 3 is 2.10 bits per heavy atom. The van der Waals surface area contributed by atoms with E-state index in [1.807, 2.05) is 39.8 Å². The average Bonchev–Trinajstić information content (AvgIpc) is 2.63. The van der Waals surface area contributed by atoms with E-state index in [0.29, 0.717) is 24.0 Å². The summed E-state index contributed by atoms with van der Waals surface area (Å²) < 4.78 is 10.2. The van der Waals surface area contributed by atoms with E-state index in [-0.39, 0.29) is 23.1 Å². The summed E-state index contributed by atoms with van der Waals surface area (Å²) in [6.45, 7) is 9.63. The molecular formula is C24H34O5. The van der Waals surface area contributed by atoms with Gasteiger partial charge in [0.15, 0.2) is 0 Å². The van der Waals surface area contributed by atoms with Gasteiger partial charge in [-0.2, -0.15) is 0 Å². The molecule has 1 atom stereocenters. The van der Waals surface area contributed by atoms with E-state index in [4.69, 9.17) is 9.47 Å². The molecule has 29 heavy (non-hydrogen) atoms. The number of carbonyl (C=O) groups is 2. The number of aliphatic hydroxyl groups is 1. The fraction of sp³-hybridized carbons (Fsp3) is 0.500. The molecule has 160 valence electrons. The lowest BCUT2D eigenvalue weighted by atomic mass is 9.90. The maximum atomic E-state index is 12.6. The van der Waals surface area contributed by atoms with E-state index in [1.54, 1.807) is 6.92 Å². The zero-order valence-corrected chi connectivity index (χ0v) is 18.7. The molecule has 0 saturated heterocycles. The van der Waals surface area contributed by atoms with Crippen molar-refractivity contribution < 1.29 is 24.2 Å². The second-order valence-corrected chi connectivity index (χ2v) is 7.69. The van der Waals surface area contributed by atoms with Crippen LogP contribution in [0.5, 0.6) is 0 Å². The third kappa shape index (κ3) is 7.17. The van der Waals surface area contributed by atoms with Crippen molar-refractivity contribution >= 4 is 11.6 Å². The van der Waals surface area contributed by atoms with Crippen molar-refractivity contribution in [2.45, 2.75) is 66.4 Å². The molecule has 0 bridgehead atoms. The maximum absolute atomic E-state index is 12.6. The zero-order chi connectivity index (χ0) is 22.1. The number of ether oxygens (including phenoxy) is 2. The fourth-order valence-electron chi connectivity index (χ4n) is 3.22. The van der Waals surface area contributed by atoms with Crippen LogP contribution in [0.4, 0.5) is 0 Å². The van der Waals surface area contributed by atoms with E-state index < -0.39 is 6.10 Å². The predicted molar refractivity (Wildman–Crippen MR) is 115 cm³/mol. The Labute approximate surface area is 174 Å². The van der Waals surface area contributed by atoms with Gasteiger partial charge < -0.3 is 14.6 Å². The standard InChI is InChI=1S/C24H34O5/c1-15(2)13-19(25)14-17(4)10-8-9-16(3)11-12-20-18(5)21(26)23(28-6)24(29-7)22(20)27/h10-11,13,19,25H,8-9,12,14H2,1-7H3/b16-11+,17-10+/t19-/m1/s1. The number of rotatable bonds is 10. The molecule has 5 heteroatoms. The number of Topliss-reactive ketones (excluding diaryl/α,β-unsaturated/α-hetero) is 2. The zero-order valence-electron chi connectivity index (χ0n) is 18.7. The van der Waals surface area contributed by atoms with Crippen molar-refractivity contribution in [3.05, 3.63) is 57.6 Å². The Balaban J connectivity index is 2.73. The molecule has 1 N–H and O–H groups in total. The molecule has 0 aromatic heterocycles. The highest BCUT2D eigenvalue weighted by Crippen LogP contribution is 2.28. The molecule has 5 nitrogen and oxygen atoms in total. The van der Waals surface area contributed by atoms with Gasteiger partial charge in [-0.15, -0.1) is 0 Å². The number of aliphatic hydroxyl groups excluding tert-OH is 1. The molecule has 0 spiro atoms. The van der Waals surface area contributed by atoms with Crippen LogP contribution >= 0.6 is 0 Å². The van der Waals surface area contributed by atoms with Crippen LogP contribution in [0.15, 0.2) is 57.6 Å². The molecule has 0 saturated carbocycles. The Kier molecular flexibility index (Phi) is 9.83. The van der Waals surface area contributed by atoms with Gasteiger partial charge >= 0.3 is 0 Å². The van der Waals surface area contributed by atoms with Gasteiger partial charge in [0.1, 0.15) is 0 Å². The highest BCUT2D eigenvalue weighted by atomic mass is 16.5. The number of ketones is 2. The van der Waals surface area contributed by atoms with Crippen molar-refractivity contribution in [1.29, 1.82) is 0 Å². The largest absolute Gasteiger partial charge is 0.489 e. The molecule has 0 aromatic carbocycles. The quantitative estimate of drug-likeness (QED) is 0.422. The van der Waals surface area contributed by atoms with Gasteiger partial charge in [0.2, 0.25) is 23.1 Å². The lowest BCUT2D eigenvalue weighted by molar-refractivity contribution is -0.121. The molecule has 0 aliphatic heterocycles. The van der Waals surface area contributed by atoms with Crippen LogP contribution in [0.2, 0.25) is 0 Å². The first-order valence-electron chi connectivity index (χ1n) is 9.88. The number of carbonyl (C=O) groups excluding carboxylic acids is 2. The van der Waals surface area contributed by atoms with Gasteiger partial charge in [0.25, 0.3) is 0 Å². The van der Waals surface area contributed by atoms with Gasteiger partial charge in [0, 0.05) is 11.1 Å². The van der Waals surface area contributed by atoms with Gasteiger partial charge in [-0.1, -0.05) is 34.9 Å². The average molecular weight is 403 g/mol. The Morgan fingerprint density at radius 2 is 1.55 bits per heavy atom. The van der Waals surface area contributed by atoms with Crippen LogP contribution in [-0.2, 0) is 19.1 Å². The number of hydrogen-bond acceptors (Lipinski definition) is 5. The molecular weight excluding hydrogens is 368 g/mol. The smallest absolute Gasteiger partial charge is 0.228 e. The highest BCUT2D eigenvalue weighted by Gasteiger charge is 2.33. The normalized spacial score (nSPS) is 17.0. The van der Waals surface area contributed by atoms with E-state index in [9.17, 15) is 14.7 Å². The van der Waals surface area contributed by atoms with Gasteiger partial charge in [-0.3, -0.25) is 9.59 Å². The van der Waals surface area contributed by atoms with E-state index in [2.05, 4.69) is 6.08 Å². The van der Waals surface area contributed by atoms with Crippen LogP contribution in [0, 0.1) is 0 Å². The minimum atomic E-state index is -0.447. The van der Waals surface area contributed by atoms with Crippen LogP contribution in [0.25, 0.3) is 0 Å². The van der Waals surface area contributed by atoms with Crippen LogP contribution in [0.1, 0.15) is 60.3 Å². The van der Waals surface area contributed by atoms with Crippen molar-refractivity contribution in [1.82, 2.24) is 0 Å². The first kappa shape index (κ1) is 24.6. The Bertz CT molecular complexity index is 786. The summed E-state index contributed by atoms with van der Waals surface area (Å²) in [5, 5.41) is 9.96. The van der Waals surface area contributed by atoms with Gasteiger partial charge in [0.05, 0.1) is 20.3 Å². The lowest BCUT2D eigenvalue weighted by Crippen LogP contribution is -2.24. The second-order valence-electron chi connectivity index (χ2n) is 7.69.